The summed E-state index contributed by atoms with van der Waals surface area (Å²) >= 11 is 0. The topological polar surface area (TPSA) is 77.3 Å². The van der Waals surface area contributed by atoms with Crippen molar-refractivity contribution in [1.29, 1.82) is 0 Å². The van der Waals surface area contributed by atoms with Gasteiger partial charge in [0.1, 0.15) is 12.0 Å². The van der Waals surface area contributed by atoms with Crippen LogP contribution in [0.15, 0.2) is 12.3 Å². The summed E-state index contributed by atoms with van der Waals surface area (Å²) < 4.78 is 5.26. The highest BCUT2D eigenvalue weighted by Gasteiger charge is 2.12. The smallest absolute Gasteiger partial charge is 0.290 e. The molecule has 1 heterocycles. The van der Waals surface area contributed by atoms with Crippen LogP contribution in [0.1, 0.15) is 19.4 Å². The molecular weight excluding hydrogens is 222 g/mol. The fourth-order valence-corrected chi connectivity index (χ4v) is 1.41. The van der Waals surface area contributed by atoms with Gasteiger partial charge in [0.15, 0.2) is 0 Å². The summed E-state index contributed by atoms with van der Waals surface area (Å²) in [6, 6.07) is 1.78. The van der Waals surface area contributed by atoms with E-state index in [0.717, 1.165) is 0 Å². The zero-order valence-electron chi connectivity index (χ0n) is 10.3. The Hall–Kier alpha value is -1.69. The van der Waals surface area contributed by atoms with Crippen LogP contribution in [0.3, 0.4) is 0 Å². The summed E-state index contributed by atoms with van der Waals surface area (Å²) in [4.78, 5) is 14.2. The van der Waals surface area contributed by atoms with Gasteiger partial charge >= 0.3 is 0 Å². The van der Waals surface area contributed by atoms with Crippen molar-refractivity contribution >= 4 is 11.5 Å². The van der Waals surface area contributed by atoms with Crippen molar-refractivity contribution in [1.82, 2.24) is 4.98 Å². The van der Waals surface area contributed by atoms with Crippen LogP contribution < -0.4 is 5.32 Å². The molecule has 0 aliphatic heterocycles. The van der Waals surface area contributed by atoms with Gasteiger partial charge in [0.2, 0.25) is 0 Å². The molecule has 0 aromatic carbocycles. The zero-order valence-corrected chi connectivity index (χ0v) is 10.3. The van der Waals surface area contributed by atoms with Gasteiger partial charge in [-0.05, 0) is 26.8 Å². The minimum atomic E-state index is -0.435. The number of rotatable bonds is 6. The number of nitrogens with one attached hydrogen (secondary N) is 1. The Morgan fingerprint density at radius 1 is 1.65 bits per heavy atom. The summed E-state index contributed by atoms with van der Waals surface area (Å²) in [5, 5.41) is 13.7. The number of hydrogen-bond donors (Lipinski definition) is 1. The normalized spacial score (nSPS) is 12.2. The second kappa shape index (κ2) is 6.15. The highest BCUT2D eigenvalue weighted by Crippen LogP contribution is 2.19. The molecule has 17 heavy (non-hydrogen) atoms. The molecule has 0 amide bonds. The largest absolute Gasteiger partial charge is 0.380 e. The lowest BCUT2D eigenvalue weighted by Crippen LogP contribution is -2.22. The van der Waals surface area contributed by atoms with E-state index in [1.807, 2.05) is 13.8 Å². The van der Waals surface area contributed by atoms with Gasteiger partial charge in [0.05, 0.1) is 11.5 Å². The number of anilines is 1. The Morgan fingerprint density at radius 3 is 2.88 bits per heavy atom. The monoisotopic (exact) mass is 239 g/mol. The molecule has 0 spiro atoms. The molecular formula is C11H17N3O3. The van der Waals surface area contributed by atoms with Gasteiger partial charge in [-0.15, -0.1) is 0 Å². The van der Waals surface area contributed by atoms with Gasteiger partial charge in [-0.3, -0.25) is 10.1 Å². The first-order chi connectivity index (χ1) is 8.04. The molecule has 0 fully saturated rings. The van der Waals surface area contributed by atoms with Crippen molar-refractivity contribution in [3.8, 4) is 0 Å². The van der Waals surface area contributed by atoms with Crippen molar-refractivity contribution in [2.75, 3.05) is 18.5 Å². The van der Waals surface area contributed by atoms with Crippen LogP contribution in [0.25, 0.3) is 0 Å². The second-order valence-corrected chi connectivity index (χ2v) is 3.82. The van der Waals surface area contributed by atoms with Gasteiger partial charge in [-0.2, -0.15) is 0 Å². The first-order valence-corrected chi connectivity index (χ1v) is 5.50. The lowest BCUT2D eigenvalue weighted by atomic mass is 10.2. The summed E-state index contributed by atoms with van der Waals surface area (Å²) in [6.07, 6.45) is 1.27. The Kier molecular flexibility index (Phi) is 4.84. The standard InChI is InChI=1S/C11H17N3O3/c1-4-17-7-9(3)13-11-5-8(2)10(6-12-11)14(15)16/h5-6,9H,4,7H2,1-3H3,(H,12,13). The third-order valence-corrected chi connectivity index (χ3v) is 2.25. The molecule has 1 N–H and O–H groups in total. The van der Waals surface area contributed by atoms with E-state index in [2.05, 4.69) is 10.3 Å². The lowest BCUT2D eigenvalue weighted by Gasteiger charge is -2.14. The van der Waals surface area contributed by atoms with Gasteiger partial charge in [-0.25, -0.2) is 4.98 Å². The van der Waals surface area contributed by atoms with E-state index in [4.69, 9.17) is 4.74 Å². The Bertz CT molecular complexity index is 396. The van der Waals surface area contributed by atoms with E-state index in [-0.39, 0.29) is 11.7 Å². The van der Waals surface area contributed by atoms with Crippen molar-refractivity contribution in [3.05, 3.63) is 27.9 Å². The van der Waals surface area contributed by atoms with Crippen LogP contribution in [-0.2, 0) is 4.74 Å². The van der Waals surface area contributed by atoms with Gasteiger partial charge < -0.3 is 10.1 Å². The van der Waals surface area contributed by atoms with Gasteiger partial charge in [-0.1, -0.05) is 0 Å². The van der Waals surface area contributed by atoms with Crippen LogP contribution in [-0.4, -0.2) is 29.2 Å². The maximum Gasteiger partial charge on any atom is 0.290 e. The fourth-order valence-electron chi connectivity index (χ4n) is 1.41. The summed E-state index contributed by atoms with van der Waals surface area (Å²) in [5.41, 5.74) is 0.629. The van der Waals surface area contributed by atoms with E-state index in [1.54, 1.807) is 13.0 Å². The molecule has 1 atom stereocenters. The van der Waals surface area contributed by atoms with E-state index in [0.29, 0.717) is 24.6 Å². The summed E-state index contributed by atoms with van der Waals surface area (Å²) in [7, 11) is 0. The minimum Gasteiger partial charge on any atom is -0.380 e. The molecule has 0 saturated carbocycles. The molecule has 6 nitrogen and oxygen atoms in total. The van der Waals surface area contributed by atoms with E-state index < -0.39 is 4.92 Å². The number of aromatic nitrogens is 1. The van der Waals surface area contributed by atoms with Crippen LogP contribution in [0.4, 0.5) is 11.5 Å². The van der Waals surface area contributed by atoms with Gasteiger partial charge in [0, 0.05) is 18.2 Å². The second-order valence-electron chi connectivity index (χ2n) is 3.82. The van der Waals surface area contributed by atoms with Crippen molar-refractivity contribution in [2.45, 2.75) is 26.8 Å². The number of ether oxygens (including phenoxy) is 1. The van der Waals surface area contributed by atoms with Crippen LogP contribution in [0.2, 0.25) is 0 Å². The fraction of sp³-hybridized carbons (Fsp3) is 0.545. The first-order valence-electron chi connectivity index (χ1n) is 5.50. The number of nitrogens with zero attached hydrogens (tertiary/aromatic N) is 2. The first kappa shape index (κ1) is 13.4. The van der Waals surface area contributed by atoms with Crippen molar-refractivity contribution in [3.63, 3.8) is 0 Å². The molecule has 1 rings (SSSR count). The minimum absolute atomic E-state index is 0.0352. The SMILES string of the molecule is CCOCC(C)Nc1cc(C)c([N+](=O)[O-])cn1. The molecule has 6 heteroatoms. The number of aryl methyl sites for hydroxylation is 1. The third-order valence-electron chi connectivity index (χ3n) is 2.25. The average Bonchev–Trinajstić information content (AvgIpc) is 2.26. The van der Waals surface area contributed by atoms with Crippen LogP contribution in [0.5, 0.6) is 0 Å². The molecule has 94 valence electrons. The average molecular weight is 239 g/mol. The zero-order chi connectivity index (χ0) is 12.8. The molecule has 0 aliphatic carbocycles. The molecule has 0 bridgehead atoms. The quantitative estimate of drug-likeness (QED) is 0.607. The number of nitro groups is 1. The van der Waals surface area contributed by atoms with Crippen molar-refractivity contribution in [2.24, 2.45) is 0 Å². The van der Waals surface area contributed by atoms with Crippen LogP contribution >= 0.6 is 0 Å². The summed E-state index contributed by atoms with van der Waals surface area (Å²) in [6.45, 7) is 6.83. The molecule has 1 unspecified atom stereocenters. The van der Waals surface area contributed by atoms with E-state index in [1.165, 1.54) is 6.20 Å². The molecule has 1 aromatic rings. The Labute approximate surface area is 100 Å². The lowest BCUT2D eigenvalue weighted by molar-refractivity contribution is -0.385. The number of hydrogen-bond acceptors (Lipinski definition) is 5. The van der Waals surface area contributed by atoms with E-state index in [9.17, 15) is 10.1 Å². The summed E-state index contributed by atoms with van der Waals surface area (Å²) in [5.74, 6) is 0.625. The Balaban J connectivity index is 2.67. The Morgan fingerprint density at radius 2 is 2.35 bits per heavy atom. The third kappa shape index (κ3) is 3.99. The highest BCUT2D eigenvalue weighted by molar-refractivity contribution is 5.47. The maximum absolute atomic E-state index is 10.6. The molecule has 0 radical (unpaired) electrons. The molecule has 0 aliphatic rings. The van der Waals surface area contributed by atoms with E-state index >= 15 is 0 Å². The molecule has 0 saturated heterocycles. The maximum atomic E-state index is 10.6. The van der Waals surface area contributed by atoms with Crippen LogP contribution in [0, 0.1) is 17.0 Å². The predicted molar refractivity (Wildman–Crippen MR) is 65.2 cm³/mol. The van der Waals surface area contributed by atoms with Gasteiger partial charge in [0.25, 0.3) is 5.69 Å². The van der Waals surface area contributed by atoms with Crippen molar-refractivity contribution < 1.29 is 9.66 Å². The highest BCUT2D eigenvalue weighted by atomic mass is 16.6. The predicted octanol–water partition coefficient (Wildman–Crippen LogP) is 2.14. The molecule has 1 aromatic heterocycles. The number of pyridine rings is 1.